The van der Waals surface area contributed by atoms with Crippen LogP contribution in [0.1, 0.15) is 24.8 Å². The summed E-state index contributed by atoms with van der Waals surface area (Å²) in [6, 6.07) is 15.4. The Hall–Kier alpha value is -2.14. The van der Waals surface area contributed by atoms with E-state index in [-0.39, 0.29) is 11.8 Å². The minimum Gasteiger partial charge on any atom is -0.326 e. The first-order valence-electron chi connectivity index (χ1n) is 8.06. The van der Waals surface area contributed by atoms with E-state index in [0.717, 1.165) is 34.4 Å². The Kier molecular flexibility index (Phi) is 5.30. The number of aryl methyl sites for hydroxylation is 1. The lowest BCUT2D eigenvalue weighted by Gasteiger charge is -2.16. The van der Waals surface area contributed by atoms with Crippen molar-refractivity contribution >= 4 is 39.1 Å². The molecule has 2 amide bonds. The molecule has 1 fully saturated rings. The first kappa shape index (κ1) is 16.7. The Bertz CT molecular complexity index is 743. The molecule has 0 radical (unpaired) electrons. The summed E-state index contributed by atoms with van der Waals surface area (Å²) in [5, 5.41) is 2.90. The number of hydrogen-bond acceptors (Lipinski definition) is 2. The molecule has 1 aliphatic heterocycles. The third-order valence-electron chi connectivity index (χ3n) is 4.07. The Morgan fingerprint density at radius 3 is 2.62 bits per heavy atom. The number of hydrogen-bond donors (Lipinski definition) is 1. The van der Waals surface area contributed by atoms with Gasteiger partial charge in [0, 0.05) is 35.2 Å². The molecule has 1 N–H and O–H groups in total. The number of anilines is 2. The lowest BCUT2D eigenvalue weighted by atomic mass is 10.1. The van der Waals surface area contributed by atoms with Crippen LogP contribution in [0.25, 0.3) is 0 Å². The lowest BCUT2D eigenvalue weighted by Crippen LogP contribution is -2.23. The predicted octanol–water partition coefficient (Wildman–Crippen LogP) is 4.15. The number of amides is 2. The molecule has 3 rings (SSSR count). The quantitative estimate of drug-likeness (QED) is 0.838. The molecule has 4 nitrogen and oxygen atoms in total. The van der Waals surface area contributed by atoms with Crippen molar-refractivity contribution in [2.24, 2.45) is 0 Å². The van der Waals surface area contributed by atoms with Gasteiger partial charge in [-0.15, -0.1) is 0 Å². The normalized spacial score (nSPS) is 14.0. The van der Waals surface area contributed by atoms with Gasteiger partial charge in [-0.2, -0.15) is 0 Å². The molecule has 0 atom stereocenters. The van der Waals surface area contributed by atoms with Crippen molar-refractivity contribution in [1.29, 1.82) is 0 Å². The van der Waals surface area contributed by atoms with Gasteiger partial charge in [-0.1, -0.05) is 28.1 Å². The van der Waals surface area contributed by atoms with Gasteiger partial charge in [0.05, 0.1) is 0 Å². The summed E-state index contributed by atoms with van der Waals surface area (Å²) in [4.78, 5) is 25.6. The Labute approximate surface area is 150 Å². The van der Waals surface area contributed by atoms with Crippen molar-refractivity contribution in [3.8, 4) is 0 Å². The summed E-state index contributed by atoms with van der Waals surface area (Å²) >= 11 is 3.43. The average Bonchev–Trinajstić information content (AvgIpc) is 3.00. The highest BCUT2D eigenvalue weighted by atomic mass is 79.9. The van der Waals surface area contributed by atoms with E-state index in [2.05, 4.69) is 21.2 Å². The summed E-state index contributed by atoms with van der Waals surface area (Å²) in [6.45, 7) is 0.775. The maximum Gasteiger partial charge on any atom is 0.227 e. The molecule has 124 valence electrons. The molecule has 0 bridgehead atoms. The van der Waals surface area contributed by atoms with Crippen molar-refractivity contribution in [2.75, 3.05) is 16.8 Å². The van der Waals surface area contributed by atoms with Gasteiger partial charge in [-0.05, 0) is 54.8 Å². The van der Waals surface area contributed by atoms with Crippen LogP contribution in [0.15, 0.2) is 53.0 Å². The monoisotopic (exact) mass is 386 g/mol. The van der Waals surface area contributed by atoms with Crippen LogP contribution in [0, 0.1) is 0 Å². The SMILES string of the molecule is O=C(CCc1cccc(Br)c1)Nc1ccc(N2CCCC2=O)cc1. The van der Waals surface area contributed by atoms with Crippen molar-refractivity contribution in [1.82, 2.24) is 0 Å². The second-order valence-electron chi connectivity index (χ2n) is 5.87. The van der Waals surface area contributed by atoms with Gasteiger partial charge in [0.1, 0.15) is 0 Å². The van der Waals surface area contributed by atoms with Crippen LogP contribution in [0.5, 0.6) is 0 Å². The molecule has 2 aromatic rings. The van der Waals surface area contributed by atoms with Gasteiger partial charge >= 0.3 is 0 Å². The zero-order chi connectivity index (χ0) is 16.9. The highest BCUT2D eigenvalue weighted by molar-refractivity contribution is 9.10. The van der Waals surface area contributed by atoms with Crippen LogP contribution in [0.4, 0.5) is 11.4 Å². The smallest absolute Gasteiger partial charge is 0.227 e. The number of benzene rings is 2. The number of halogens is 1. The Morgan fingerprint density at radius 2 is 1.96 bits per heavy atom. The molecule has 5 heteroatoms. The second-order valence-corrected chi connectivity index (χ2v) is 6.79. The van der Waals surface area contributed by atoms with E-state index >= 15 is 0 Å². The van der Waals surface area contributed by atoms with Crippen LogP contribution >= 0.6 is 15.9 Å². The molecule has 1 saturated heterocycles. The van der Waals surface area contributed by atoms with E-state index in [1.54, 1.807) is 4.90 Å². The fourth-order valence-corrected chi connectivity index (χ4v) is 3.27. The first-order chi connectivity index (χ1) is 11.6. The average molecular weight is 387 g/mol. The summed E-state index contributed by atoms with van der Waals surface area (Å²) in [7, 11) is 0. The van der Waals surface area contributed by atoms with Crippen molar-refractivity contribution < 1.29 is 9.59 Å². The predicted molar refractivity (Wildman–Crippen MR) is 99.1 cm³/mol. The van der Waals surface area contributed by atoms with Gasteiger partial charge in [-0.25, -0.2) is 0 Å². The molecule has 0 aromatic heterocycles. The van der Waals surface area contributed by atoms with Crippen molar-refractivity contribution in [3.05, 3.63) is 58.6 Å². The maximum absolute atomic E-state index is 12.1. The molecular weight excluding hydrogens is 368 g/mol. The van der Waals surface area contributed by atoms with Crippen LogP contribution in [-0.4, -0.2) is 18.4 Å². The van der Waals surface area contributed by atoms with Crippen molar-refractivity contribution in [3.63, 3.8) is 0 Å². The van der Waals surface area contributed by atoms with E-state index < -0.39 is 0 Å². The number of nitrogens with zero attached hydrogens (tertiary/aromatic N) is 1. The van der Waals surface area contributed by atoms with Crippen LogP contribution in [-0.2, 0) is 16.0 Å². The van der Waals surface area contributed by atoms with E-state index in [1.165, 1.54) is 0 Å². The summed E-state index contributed by atoms with van der Waals surface area (Å²) in [5.41, 5.74) is 2.77. The largest absolute Gasteiger partial charge is 0.326 e. The third-order valence-corrected chi connectivity index (χ3v) is 4.56. The van der Waals surface area contributed by atoms with E-state index in [1.807, 2.05) is 48.5 Å². The van der Waals surface area contributed by atoms with Gasteiger partial charge in [0.15, 0.2) is 0 Å². The van der Waals surface area contributed by atoms with E-state index in [4.69, 9.17) is 0 Å². The standard InChI is InChI=1S/C19H19BrN2O2/c20-15-4-1-3-14(13-15)6-11-18(23)21-16-7-9-17(10-8-16)22-12-2-5-19(22)24/h1,3-4,7-10,13H,2,5-6,11-12H2,(H,21,23). The molecule has 1 aliphatic rings. The first-order valence-corrected chi connectivity index (χ1v) is 8.86. The Morgan fingerprint density at radius 1 is 1.17 bits per heavy atom. The molecule has 1 heterocycles. The van der Waals surface area contributed by atoms with Gasteiger partial charge in [0.25, 0.3) is 0 Å². The molecule has 0 unspecified atom stereocenters. The number of carbonyl (C=O) groups excluding carboxylic acids is 2. The third kappa shape index (κ3) is 4.23. The van der Waals surface area contributed by atoms with Gasteiger partial charge in [-0.3, -0.25) is 9.59 Å². The number of rotatable bonds is 5. The zero-order valence-corrected chi connectivity index (χ0v) is 14.9. The molecule has 0 aliphatic carbocycles. The lowest BCUT2D eigenvalue weighted by molar-refractivity contribution is -0.117. The molecule has 24 heavy (non-hydrogen) atoms. The summed E-state index contributed by atoms with van der Waals surface area (Å²) in [5.74, 6) is 0.154. The van der Waals surface area contributed by atoms with Crippen LogP contribution < -0.4 is 10.2 Å². The van der Waals surface area contributed by atoms with Crippen LogP contribution in [0.2, 0.25) is 0 Å². The van der Waals surface area contributed by atoms with Gasteiger partial charge < -0.3 is 10.2 Å². The maximum atomic E-state index is 12.1. The highest BCUT2D eigenvalue weighted by Crippen LogP contribution is 2.23. The van der Waals surface area contributed by atoms with Crippen molar-refractivity contribution in [2.45, 2.75) is 25.7 Å². The summed E-state index contributed by atoms with van der Waals surface area (Å²) < 4.78 is 1.02. The molecule has 0 spiro atoms. The topological polar surface area (TPSA) is 49.4 Å². The number of nitrogens with one attached hydrogen (secondary N) is 1. The summed E-state index contributed by atoms with van der Waals surface area (Å²) in [6.07, 6.45) is 2.66. The minimum atomic E-state index is -0.0139. The van der Waals surface area contributed by atoms with Crippen LogP contribution in [0.3, 0.4) is 0 Å². The van der Waals surface area contributed by atoms with Gasteiger partial charge in [0.2, 0.25) is 11.8 Å². The second kappa shape index (κ2) is 7.62. The minimum absolute atomic E-state index is 0.0139. The molecular formula is C19H19BrN2O2. The fraction of sp³-hybridized carbons (Fsp3) is 0.263. The number of carbonyl (C=O) groups is 2. The van der Waals surface area contributed by atoms with E-state index in [9.17, 15) is 9.59 Å². The zero-order valence-electron chi connectivity index (χ0n) is 13.3. The highest BCUT2D eigenvalue weighted by Gasteiger charge is 2.21. The molecule has 2 aromatic carbocycles. The fourth-order valence-electron chi connectivity index (χ4n) is 2.82. The molecule has 0 saturated carbocycles. The van der Waals surface area contributed by atoms with E-state index in [0.29, 0.717) is 19.3 Å². The Balaban J connectivity index is 1.53.